The van der Waals surface area contributed by atoms with Crippen molar-refractivity contribution in [1.82, 2.24) is 0 Å². The molecule has 0 atom stereocenters. The van der Waals surface area contributed by atoms with Gasteiger partial charge < -0.3 is 9.57 Å². The number of nitrogens with zero attached hydrogens (tertiary/aromatic N) is 1. The third-order valence-electron chi connectivity index (χ3n) is 3.37. The quantitative estimate of drug-likeness (QED) is 0.577. The van der Waals surface area contributed by atoms with E-state index in [-0.39, 0.29) is 12.4 Å². The Morgan fingerprint density at radius 3 is 2.55 bits per heavy atom. The molecule has 2 rings (SSSR count). The third kappa shape index (κ3) is 6.40. The summed E-state index contributed by atoms with van der Waals surface area (Å²) in [5.41, 5.74) is 2.04. The van der Waals surface area contributed by atoms with Gasteiger partial charge in [-0.15, -0.1) is 12.4 Å². The molecule has 1 fully saturated rings. The highest BCUT2D eigenvalue weighted by atomic mass is 35.5. The predicted molar refractivity (Wildman–Crippen MR) is 84.4 cm³/mol. The maximum Gasteiger partial charge on any atom is 0.142 e. The number of hydrogen-bond donors (Lipinski definition) is 0. The second-order valence-electron chi connectivity index (χ2n) is 5.16. The van der Waals surface area contributed by atoms with Crippen molar-refractivity contribution in [2.45, 2.75) is 51.7 Å². The van der Waals surface area contributed by atoms with Crippen LogP contribution in [0.1, 0.15) is 44.6 Å². The van der Waals surface area contributed by atoms with Crippen LogP contribution in [0.2, 0.25) is 0 Å². The summed E-state index contributed by atoms with van der Waals surface area (Å²) in [6, 6.07) is 10.1. The number of benzene rings is 1. The fourth-order valence-corrected chi connectivity index (χ4v) is 2.29. The molecule has 1 aliphatic carbocycles. The van der Waals surface area contributed by atoms with Crippen molar-refractivity contribution in [1.29, 1.82) is 0 Å². The Balaban J connectivity index is 0.00000200. The average molecular weight is 298 g/mol. The first-order valence-corrected chi connectivity index (χ1v) is 7.15. The molecule has 0 aromatic heterocycles. The highest BCUT2D eigenvalue weighted by molar-refractivity contribution is 5.85. The van der Waals surface area contributed by atoms with Gasteiger partial charge in [0, 0.05) is 0 Å². The molecule has 0 unspecified atom stereocenters. The van der Waals surface area contributed by atoms with Crippen LogP contribution in [0.3, 0.4) is 0 Å². The van der Waals surface area contributed by atoms with Crippen molar-refractivity contribution in [3.05, 3.63) is 35.9 Å². The Morgan fingerprint density at radius 2 is 1.85 bits per heavy atom. The highest BCUT2D eigenvalue weighted by Crippen LogP contribution is 2.20. The molecular weight excluding hydrogens is 274 g/mol. The first-order valence-electron chi connectivity index (χ1n) is 7.15. The summed E-state index contributed by atoms with van der Waals surface area (Å²) in [7, 11) is 0. The minimum Gasteiger partial charge on any atom is -0.391 e. The van der Waals surface area contributed by atoms with E-state index < -0.39 is 0 Å². The summed E-state index contributed by atoms with van der Waals surface area (Å²) in [5.74, 6) is 0. The SMILES string of the molecule is CC(COC1CCCCC1)=NOCc1ccccc1.Cl. The van der Waals surface area contributed by atoms with E-state index in [0.717, 1.165) is 11.3 Å². The fraction of sp³-hybridized carbons (Fsp3) is 0.562. The van der Waals surface area contributed by atoms with Crippen LogP contribution in [0.4, 0.5) is 0 Å². The lowest BCUT2D eigenvalue weighted by atomic mass is 9.98. The van der Waals surface area contributed by atoms with Crippen molar-refractivity contribution in [2.75, 3.05) is 6.61 Å². The van der Waals surface area contributed by atoms with E-state index in [1.54, 1.807) is 0 Å². The molecular formula is C16H24ClNO2. The van der Waals surface area contributed by atoms with E-state index in [1.807, 2.05) is 37.3 Å². The van der Waals surface area contributed by atoms with Gasteiger partial charge in [-0.05, 0) is 25.3 Å². The minimum absolute atomic E-state index is 0. The van der Waals surface area contributed by atoms with Crippen molar-refractivity contribution in [3.63, 3.8) is 0 Å². The minimum atomic E-state index is 0. The van der Waals surface area contributed by atoms with E-state index >= 15 is 0 Å². The molecule has 112 valence electrons. The number of ether oxygens (including phenoxy) is 1. The summed E-state index contributed by atoms with van der Waals surface area (Å²) < 4.78 is 5.84. The lowest BCUT2D eigenvalue weighted by Gasteiger charge is -2.21. The van der Waals surface area contributed by atoms with Crippen LogP contribution in [0, 0.1) is 0 Å². The maximum absolute atomic E-state index is 5.84. The second-order valence-corrected chi connectivity index (χ2v) is 5.16. The second kappa shape index (κ2) is 9.78. The van der Waals surface area contributed by atoms with Crippen LogP contribution in [0.15, 0.2) is 35.5 Å². The van der Waals surface area contributed by atoms with Crippen molar-refractivity contribution < 1.29 is 9.57 Å². The number of rotatable bonds is 6. The highest BCUT2D eigenvalue weighted by Gasteiger charge is 2.13. The Hall–Kier alpha value is -1.06. The number of hydrogen-bond acceptors (Lipinski definition) is 3. The Bertz CT molecular complexity index is 389. The molecule has 1 saturated carbocycles. The van der Waals surface area contributed by atoms with Crippen LogP contribution >= 0.6 is 12.4 Å². The maximum atomic E-state index is 5.84. The zero-order valence-electron chi connectivity index (χ0n) is 12.1. The van der Waals surface area contributed by atoms with Gasteiger partial charge >= 0.3 is 0 Å². The topological polar surface area (TPSA) is 30.8 Å². The lowest BCUT2D eigenvalue weighted by Crippen LogP contribution is -2.19. The largest absolute Gasteiger partial charge is 0.391 e. The van der Waals surface area contributed by atoms with Gasteiger partial charge in [0.2, 0.25) is 0 Å². The molecule has 3 nitrogen and oxygen atoms in total. The zero-order chi connectivity index (χ0) is 13.3. The molecule has 20 heavy (non-hydrogen) atoms. The molecule has 0 bridgehead atoms. The Labute approximate surface area is 127 Å². The third-order valence-corrected chi connectivity index (χ3v) is 3.37. The molecule has 4 heteroatoms. The van der Waals surface area contributed by atoms with E-state index in [2.05, 4.69) is 5.16 Å². The van der Waals surface area contributed by atoms with E-state index in [9.17, 15) is 0 Å². The zero-order valence-corrected chi connectivity index (χ0v) is 12.9. The molecule has 0 N–H and O–H groups in total. The molecule has 0 aliphatic heterocycles. The van der Waals surface area contributed by atoms with Crippen molar-refractivity contribution in [3.8, 4) is 0 Å². The van der Waals surface area contributed by atoms with E-state index in [4.69, 9.17) is 9.57 Å². The van der Waals surface area contributed by atoms with Crippen molar-refractivity contribution in [2.24, 2.45) is 5.16 Å². The number of oxime groups is 1. The summed E-state index contributed by atoms with van der Waals surface area (Å²) in [4.78, 5) is 5.33. The van der Waals surface area contributed by atoms with Crippen LogP contribution in [0.25, 0.3) is 0 Å². The smallest absolute Gasteiger partial charge is 0.142 e. The summed E-state index contributed by atoms with van der Waals surface area (Å²) >= 11 is 0. The van der Waals surface area contributed by atoms with E-state index in [0.29, 0.717) is 19.3 Å². The van der Waals surface area contributed by atoms with Gasteiger partial charge in [-0.2, -0.15) is 0 Å². The molecule has 0 saturated heterocycles. The fourth-order valence-electron chi connectivity index (χ4n) is 2.29. The molecule has 0 spiro atoms. The normalized spacial score (nSPS) is 16.6. The average Bonchev–Trinajstić information content (AvgIpc) is 2.47. The monoisotopic (exact) mass is 297 g/mol. The standard InChI is InChI=1S/C16H23NO2.ClH/c1-14(12-18-16-10-6-3-7-11-16)17-19-13-15-8-4-2-5-9-15;/h2,4-5,8-9,16H,3,6-7,10-13H2,1H3;1H. The summed E-state index contributed by atoms with van der Waals surface area (Å²) in [5, 5.41) is 4.10. The van der Waals surface area contributed by atoms with Gasteiger partial charge in [-0.25, -0.2) is 0 Å². The Morgan fingerprint density at radius 1 is 1.15 bits per heavy atom. The van der Waals surface area contributed by atoms with Gasteiger partial charge in [-0.1, -0.05) is 54.8 Å². The first kappa shape index (κ1) is 17.0. The lowest BCUT2D eigenvalue weighted by molar-refractivity contribution is 0.0495. The van der Waals surface area contributed by atoms with Gasteiger partial charge in [0.1, 0.15) is 6.61 Å². The van der Waals surface area contributed by atoms with Gasteiger partial charge in [-0.3, -0.25) is 0 Å². The first-order chi connectivity index (χ1) is 9.34. The molecule has 0 heterocycles. The summed E-state index contributed by atoms with van der Waals surface area (Å²) in [6.07, 6.45) is 6.76. The van der Waals surface area contributed by atoms with Crippen LogP contribution in [0.5, 0.6) is 0 Å². The molecule has 0 amide bonds. The van der Waals surface area contributed by atoms with Crippen LogP contribution < -0.4 is 0 Å². The summed E-state index contributed by atoms with van der Waals surface area (Å²) in [6.45, 7) is 3.05. The van der Waals surface area contributed by atoms with Crippen molar-refractivity contribution >= 4 is 18.1 Å². The Kier molecular flexibility index (Phi) is 8.31. The van der Waals surface area contributed by atoms with Gasteiger partial charge in [0.15, 0.2) is 0 Å². The van der Waals surface area contributed by atoms with Gasteiger partial charge in [0.25, 0.3) is 0 Å². The van der Waals surface area contributed by atoms with Crippen LogP contribution in [-0.2, 0) is 16.2 Å². The molecule has 1 aromatic carbocycles. The predicted octanol–water partition coefficient (Wildman–Crippen LogP) is 4.35. The molecule has 0 radical (unpaired) electrons. The van der Waals surface area contributed by atoms with E-state index in [1.165, 1.54) is 32.1 Å². The van der Waals surface area contributed by atoms with Crippen LogP contribution in [-0.4, -0.2) is 18.4 Å². The molecule has 1 aromatic rings. The number of halogens is 1. The van der Waals surface area contributed by atoms with Gasteiger partial charge in [0.05, 0.1) is 18.4 Å². The molecule has 1 aliphatic rings.